The predicted molar refractivity (Wildman–Crippen MR) is 40.7 cm³/mol. The third-order valence-corrected chi connectivity index (χ3v) is 3.22. The van der Waals surface area contributed by atoms with Gasteiger partial charge in [-0.2, -0.15) is 0 Å². The van der Waals surface area contributed by atoms with E-state index in [2.05, 4.69) is 0 Å². The predicted octanol–water partition coefficient (Wildman–Crippen LogP) is 1.95. The first-order chi connectivity index (χ1) is 4.67. The summed E-state index contributed by atoms with van der Waals surface area (Å²) in [6.07, 6.45) is 6.29. The summed E-state index contributed by atoms with van der Waals surface area (Å²) >= 11 is 0. The third kappa shape index (κ3) is 0.968. The zero-order chi connectivity index (χ0) is 7.19. The molecule has 0 aromatic rings. The van der Waals surface area contributed by atoms with Gasteiger partial charge in [-0.25, -0.2) is 0 Å². The first-order valence-electron chi connectivity index (χ1n) is 4.40. The zero-order valence-electron chi connectivity index (χ0n) is 6.64. The van der Waals surface area contributed by atoms with Gasteiger partial charge in [0.15, 0.2) is 0 Å². The van der Waals surface area contributed by atoms with E-state index in [1.54, 1.807) is 0 Å². The second kappa shape index (κ2) is 1.97. The van der Waals surface area contributed by atoms with Crippen LogP contribution in [0, 0.1) is 11.8 Å². The first-order valence-corrected chi connectivity index (χ1v) is 4.40. The number of hydrogen-bond acceptors (Lipinski definition) is 1. The number of rotatable bonds is 0. The van der Waals surface area contributed by atoms with Crippen LogP contribution in [0.5, 0.6) is 0 Å². The smallest absolute Gasteiger partial charge is 0.0625 e. The van der Waals surface area contributed by atoms with Crippen molar-refractivity contribution in [2.24, 2.45) is 11.8 Å². The lowest BCUT2D eigenvalue weighted by atomic mass is 10.0. The molecule has 2 atom stereocenters. The molecular weight excluding hydrogens is 124 g/mol. The van der Waals surface area contributed by atoms with E-state index in [9.17, 15) is 5.11 Å². The van der Waals surface area contributed by atoms with Gasteiger partial charge in [-0.3, -0.25) is 0 Å². The molecule has 1 heteroatoms. The average molecular weight is 140 g/mol. The molecule has 0 saturated heterocycles. The normalized spacial score (nSPS) is 53.4. The maximum atomic E-state index is 9.70. The van der Waals surface area contributed by atoms with E-state index < -0.39 is 0 Å². The van der Waals surface area contributed by atoms with Crippen molar-refractivity contribution in [3.63, 3.8) is 0 Å². The molecule has 0 amide bonds. The summed E-state index contributed by atoms with van der Waals surface area (Å²) in [6, 6.07) is 0. The summed E-state index contributed by atoms with van der Waals surface area (Å²) in [4.78, 5) is 0. The Kier molecular flexibility index (Phi) is 1.31. The Balaban J connectivity index is 2.07. The molecule has 2 aliphatic rings. The van der Waals surface area contributed by atoms with Gasteiger partial charge >= 0.3 is 0 Å². The molecule has 0 radical (unpaired) electrons. The first kappa shape index (κ1) is 6.66. The van der Waals surface area contributed by atoms with Crippen LogP contribution in [0.4, 0.5) is 0 Å². The maximum absolute atomic E-state index is 9.70. The molecule has 2 rings (SSSR count). The van der Waals surface area contributed by atoms with E-state index in [1.165, 1.54) is 19.3 Å². The summed E-state index contributed by atoms with van der Waals surface area (Å²) in [5.74, 6) is 1.74. The highest BCUT2D eigenvalue weighted by atomic mass is 16.3. The van der Waals surface area contributed by atoms with E-state index in [4.69, 9.17) is 0 Å². The minimum absolute atomic E-state index is 0.310. The van der Waals surface area contributed by atoms with Crippen molar-refractivity contribution in [2.45, 2.75) is 44.6 Å². The van der Waals surface area contributed by atoms with Crippen LogP contribution < -0.4 is 0 Å². The van der Waals surface area contributed by atoms with Crippen molar-refractivity contribution in [2.75, 3.05) is 0 Å². The van der Waals surface area contributed by atoms with E-state index in [1.807, 2.05) is 6.92 Å². The average Bonchev–Trinajstić information content (AvgIpc) is 2.20. The summed E-state index contributed by atoms with van der Waals surface area (Å²) in [5.41, 5.74) is -0.310. The lowest BCUT2D eigenvalue weighted by Gasteiger charge is -2.16. The molecule has 10 heavy (non-hydrogen) atoms. The largest absolute Gasteiger partial charge is 0.390 e. The van der Waals surface area contributed by atoms with Crippen molar-refractivity contribution in [1.29, 1.82) is 0 Å². The molecule has 2 fully saturated rings. The van der Waals surface area contributed by atoms with Gasteiger partial charge in [-0.1, -0.05) is 19.3 Å². The molecule has 0 bridgehead atoms. The van der Waals surface area contributed by atoms with Crippen LogP contribution in [0.1, 0.15) is 39.0 Å². The lowest BCUT2D eigenvalue weighted by molar-refractivity contribution is 0.0587. The van der Waals surface area contributed by atoms with Gasteiger partial charge in [0.05, 0.1) is 5.60 Å². The molecule has 1 N–H and O–H groups in total. The number of hydrogen-bond donors (Lipinski definition) is 1. The molecule has 0 aromatic heterocycles. The van der Waals surface area contributed by atoms with Gasteiger partial charge < -0.3 is 5.11 Å². The molecular formula is C9H16O. The molecule has 0 aliphatic heterocycles. The van der Waals surface area contributed by atoms with Crippen molar-refractivity contribution >= 4 is 0 Å². The molecule has 2 aliphatic carbocycles. The third-order valence-electron chi connectivity index (χ3n) is 3.22. The molecule has 0 spiro atoms. The van der Waals surface area contributed by atoms with E-state index >= 15 is 0 Å². The second-order valence-electron chi connectivity index (χ2n) is 4.36. The van der Waals surface area contributed by atoms with Gasteiger partial charge in [0.25, 0.3) is 0 Å². The fourth-order valence-corrected chi connectivity index (χ4v) is 2.86. The Hall–Kier alpha value is -0.0400. The Morgan fingerprint density at radius 1 is 1.20 bits per heavy atom. The minimum Gasteiger partial charge on any atom is -0.390 e. The Bertz CT molecular complexity index is 126. The molecule has 58 valence electrons. The van der Waals surface area contributed by atoms with Gasteiger partial charge in [0, 0.05) is 0 Å². The van der Waals surface area contributed by atoms with Crippen molar-refractivity contribution in [3.05, 3.63) is 0 Å². The van der Waals surface area contributed by atoms with Crippen LogP contribution in [0.2, 0.25) is 0 Å². The standard InChI is InChI=1S/C9H16O/c1-9(10)5-7-3-2-4-8(7)6-9/h7-8,10H,2-6H2,1H3. The fraction of sp³-hybridized carbons (Fsp3) is 1.00. The van der Waals surface area contributed by atoms with E-state index in [-0.39, 0.29) is 5.60 Å². The second-order valence-corrected chi connectivity index (χ2v) is 4.36. The van der Waals surface area contributed by atoms with Crippen molar-refractivity contribution < 1.29 is 5.11 Å². The van der Waals surface area contributed by atoms with Gasteiger partial charge in [0.1, 0.15) is 0 Å². The summed E-state index contributed by atoms with van der Waals surface area (Å²) in [6.45, 7) is 1.99. The molecule has 0 heterocycles. The fourth-order valence-electron chi connectivity index (χ4n) is 2.86. The molecule has 0 aromatic carbocycles. The van der Waals surface area contributed by atoms with Gasteiger partial charge in [-0.15, -0.1) is 0 Å². The zero-order valence-corrected chi connectivity index (χ0v) is 6.64. The monoisotopic (exact) mass is 140 g/mol. The Labute approximate surface area is 62.4 Å². The summed E-state index contributed by atoms with van der Waals surface area (Å²) in [7, 11) is 0. The SMILES string of the molecule is CC1(O)CC2CCCC2C1. The summed E-state index contributed by atoms with van der Waals surface area (Å²) < 4.78 is 0. The van der Waals surface area contributed by atoms with Crippen LogP contribution in [-0.4, -0.2) is 10.7 Å². The highest BCUT2D eigenvalue weighted by Gasteiger charge is 2.42. The van der Waals surface area contributed by atoms with Gasteiger partial charge in [0.2, 0.25) is 0 Å². The van der Waals surface area contributed by atoms with E-state index in [0.29, 0.717) is 0 Å². The van der Waals surface area contributed by atoms with Crippen LogP contribution in [0.25, 0.3) is 0 Å². The minimum atomic E-state index is -0.310. The Morgan fingerprint density at radius 2 is 1.70 bits per heavy atom. The van der Waals surface area contributed by atoms with Crippen LogP contribution >= 0.6 is 0 Å². The van der Waals surface area contributed by atoms with Crippen molar-refractivity contribution in [3.8, 4) is 0 Å². The molecule has 2 unspecified atom stereocenters. The molecule has 2 saturated carbocycles. The van der Waals surface area contributed by atoms with Crippen LogP contribution in [0.15, 0.2) is 0 Å². The maximum Gasteiger partial charge on any atom is 0.0625 e. The van der Waals surface area contributed by atoms with E-state index in [0.717, 1.165) is 24.7 Å². The molecule has 1 nitrogen and oxygen atoms in total. The quantitative estimate of drug-likeness (QED) is 0.545. The summed E-state index contributed by atoms with van der Waals surface area (Å²) in [5, 5.41) is 9.70. The number of fused-ring (bicyclic) bond motifs is 1. The number of aliphatic hydroxyl groups is 1. The van der Waals surface area contributed by atoms with Crippen LogP contribution in [-0.2, 0) is 0 Å². The Morgan fingerprint density at radius 3 is 2.20 bits per heavy atom. The highest BCUT2D eigenvalue weighted by Crippen LogP contribution is 2.48. The topological polar surface area (TPSA) is 20.2 Å². The highest BCUT2D eigenvalue weighted by molar-refractivity contribution is 4.94. The van der Waals surface area contributed by atoms with Gasteiger partial charge in [-0.05, 0) is 31.6 Å². The lowest BCUT2D eigenvalue weighted by Crippen LogP contribution is -2.19. The van der Waals surface area contributed by atoms with Crippen molar-refractivity contribution in [1.82, 2.24) is 0 Å². The van der Waals surface area contributed by atoms with Crippen LogP contribution in [0.3, 0.4) is 0 Å².